The largest absolute Gasteiger partial charge is 2.00 e. The summed E-state index contributed by atoms with van der Waals surface area (Å²) in [6.07, 6.45) is 0. The van der Waals surface area contributed by atoms with Crippen LogP contribution in [0.4, 0.5) is 0 Å². The van der Waals surface area contributed by atoms with Gasteiger partial charge in [-0.3, -0.25) is 0 Å². The van der Waals surface area contributed by atoms with E-state index in [0.29, 0.717) is 0 Å². The Labute approximate surface area is 142 Å². The predicted molar refractivity (Wildman–Crippen MR) is 29.0 cm³/mol. The maximum absolute atomic E-state index is 0. The van der Waals surface area contributed by atoms with Gasteiger partial charge in [0.2, 0.25) is 0 Å². The minimum Gasteiger partial charge on any atom is -1.00 e. The van der Waals surface area contributed by atoms with Gasteiger partial charge in [-0.2, -0.15) is 0 Å². The third kappa shape index (κ3) is 9.55. The van der Waals surface area contributed by atoms with Crippen LogP contribution in [0.5, 0.6) is 0 Å². The van der Waals surface area contributed by atoms with Crippen LogP contribution < -0.4 is 6.15 Å². The van der Waals surface area contributed by atoms with Gasteiger partial charge in [0.15, 0.2) is 0 Å². The van der Waals surface area contributed by atoms with Gasteiger partial charge < -0.3 is 14.7 Å². The summed E-state index contributed by atoms with van der Waals surface area (Å²) in [5.41, 5.74) is 0. The molecule has 20 valence electrons. The van der Waals surface area contributed by atoms with E-state index in [2.05, 4.69) is 0 Å². The van der Waals surface area contributed by atoms with E-state index >= 15 is 0 Å². The molecule has 0 fully saturated rings. The molecule has 0 aromatic rings. The Balaban J connectivity index is 0. The molecular weight excluding hydrogens is 279 g/mol. The molecule has 0 spiro atoms. The van der Waals surface area contributed by atoms with Crippen molar-refractivity contribution in [1.29, 1.82) is 0 Å². The Morgan fingerprint density at radius 2 is 1.25 bits per heavy atom. The first-order valence-corrected chi connectivity index (χ1v) is 0. The van der Waals surface area contributed by atoms with Crippen molar-refractivity contribution in [2.75, 3.05) is 0 Å². The van der Waals surface area contributed by atoms with E-state index in [0.717, 1.165) is 0 Å². The van der Waals surface area contributed by atoms with Crippen molar-refractivity contribution < 1.29 is 8.56 Å². The van der Waals surface area contributed by atoms with Gasteiger partial charge in [-0.1, -0.05) is 0 Å². The average Bonchev–Trinajstić information content (AvgIpc) is 0. The van der Waals surface area contributed by atoms with Gasteiger partial charge in [-0.05, 0) is 0 Å². The molecule has 0 amide bonds. The first-order chi connectivity index (χ1) is 0. The second-order valence-electron chi connectivity index (χ2n) is 0. The fraction of sp³-hybridized carbons (Fsp3) is 0. The molecule has 3 N–H and O–H groups in total. The SMILES string of the molecule is N.[Ba+2].[Ca+2].[H-].[H-].[H-].[H-].[H-].[H-].[Sr+2]. The maximum atomic E-state index is 0. The summed E-state index contributed by atoms with van der Waals surface area (Å²) in [6.45, 7) is 0. The molecule has 0 aliphatic heterocycles. The van der Waals surface area contributed by atoms with Crippen LogP contribution in [-0.4, -0.2) is 132 Å². The van der Waals surface area contributed by atoms with Crippen LogP contribution in [0.2, 0.25) is 0 Å². The molecule has 0 aliphatic rings. The van der Waals surface area contributed by atoms with E-state index < -0.39 is 0 Å². The molecule has 0 heterocycles. The van der Waals surface area contributed by atoms with Crippen molar-refractivity contribution in [3.63, 3.8) is 0 Å². The zero-order chi connectivity index (χ0) is 0. The molecule has 0 atom stereocenters. The summed E-state index contributed by atoms with van der Waals surface area (Å²) < 4.78 is 0. The topological polar surface area (TPSA) is 35.0 Å². The van der Waals surface area contributed by atoms with E-state index in [1.165, 1.54) is 0 Å². The van der Waals surface area contributed by atoms with Gasteiger partial charge in [0.05, 0.1) is 0 Å². The molecule has 0 bridgehead atoms. The van der Waals surface area contributed by atoms with Gasteiger partial charge in [0.25, 0.3) is 0 Å². The maximum Gasteiger partial charge on any atom is 2.00 e. The van der Waals surface area contributed by atoms with E-state index in [9.17, 15) is 0 Å². The molecule has 0 saturated heterocycles. The van der Waals surface area contributed by atoms with Crippen LogP contribution in [0.1, 0.15) is 8.56 Å². The quantitative estimate of drug-likeness (QED) is 0.610. The first-order valence-electron chi connectivity index (χ1n) is 0. The molecule has 0 radical (unpaired) electrons. The van der Waals surface area contributed by atoms with Crippen molar-refractivity contribution in [3.8, 4) is 0 Å². The smallest absolute Gasteiger partial charge is 1.00 e. The second-order valence-corrected chi connectivity index (χ2v) is 0. The standard InChI is InChI=1S/Ba.Ca.H3N.Sr.6H/h;;1H3;;;;;;;/q2*+2;;+2;6*-1. The summed E-state index contributed by atoms with van der Waals surface area (Å²) in [7, 11) is 0. The number of hydrogen-bond donors (Lipinski definition) is 1. The van der Waals surface area contributed by atoms with E-state index in [1.807, 2.05) is 0 Å². The molecule has 4 heteroatoms. The fourth-order valence-corrected chi connectivity index (χ4v) is 0. The van der Waals surface area contributed by atoms with Crippen molar-refractivity contribution in [3.05, 3.63) is 0 Å². The van der Waals surface area contributed by atoms with Crippen molar-refractivity contribution in [2.24, 2.45) is 0 Å². The van der Waals surface area contributed by atoms with Crippen LogP contribution >= 0.6 is 0 Å². The zero-order valence-corrected chi connectivity index (χ0v) is 13.0. The first kappa shape index (κ1) is 24.0. The van der Waals surface area contributed by atoms with Crippen LogP contribution in [0, 0.1) is 0 Å². The molecule has 0 aliphatic carbocycles. The third-order valence-corrected chi connectivity index (χ3v) is 0. The summed E-state index contributed by atoms with van der Waals surface area (Å²) >= 11 is 0. The molecule has 1 nitrogen and oxygen atoms in total. The summed E-state index contributed by atoms with van der Waals surface area (Å²) in [5, 5.41) is 0. The number of hydrogen-bond acceptors (Lipinski definition) is 1. The van der Waals surface area contributed by atoms with E-state index in [1.54, 1.807) is 0 Å². The van der Waals surface area contributed by atoms with Gasteiger partial charge in [0, 0.05) is 0 Å². The normalized spacial score (nSPS) is 0. The number of rotatable bonds is 0. The van der Waals surface area contributed by atoms with E-state index in [4.69, 9.17) is 0 Å². The molecular formula is H9BaCaNSr. The molecule has 0 saturated carbocycles. The van der Waals surface area contributed by atoms with Crippen LogP contribution in [0.3, 0.4) is 0 Å². The summed E-state index contributed by atoms with van der Waals surface area (Å²) in [6, 6.07) is 0. The van der Waals surface area contributed by atoms with Crippen molar-refractivity contribution in [2.45, 2.75) is 0 Å². The van der Waals surface area contributed by atoms with E-state index in [-0.39, 0.29) is 147 Å². The fourth-order valence-electron chi connectivity index (χ4n) is 0. The van der Waals surface area contributed by atoms with Crippen molar-refractivity contribution in [1.82, 2.24) is 6.15 Å². The predicted octanol–water partition coefficient (Wildman–Crippen LogP) is -0.305. The Kier molecular flexibility index (Phi) is 93.9. The molecule has 0 unspecified atom stereocenters. The molecule has 0 rings (SSSR count). The molecule has 4 heavy (non-hydrogen) atoms. The van der Waals surface area contributed by atoms with Crippen LogP contribution in [-0.2, 0) is 0 Å². The average molecular weight is 288 g/mol. The summed E-state index contributed by atoms with van der Waals surface area (Å²) in [5.74, 6) is 0. The van der Waals surface area contributed by atoms with Gasteiger partial charge in [-0.25, -0.2) is 0 Å². The van der Waals surface area contributed by atoms with Gasteiger partial charge >= 0.3 is 132 Å². The van der Waals surface area contributed by atoms with Gasteiger partial charge in [0.1, 0.15) is 0 Å². The molecule has 0 aromatic carbocycles. The monoisotopic (exact) mass is 289 g/mol. The third-order valence-electron chi connectivity index (χ3n) is 0. The second kappa shape index (κ2) is 15.7. The molecule has 0 aromatic heterocycles. The minimum atomic E-state index is 0. The Hall–Kier alpha value is 4.27. The Morgan fingerprint density at radius 1 is 1.25 bits per heavy atom. The Morgan fingerprint density at radius 3 is 1.25 bits per heavy atom. The minimum absolute atomic E-state index is 0. The van der Waals surface area contributed by atoms with Crippen molar-refractivity contribution >= 4 is 132 Å². The van der Waals surface area contributed by atoms with Crippen LogP contribution in [0.15, 0.2) is 0 Å². The van der Waals surface area contributed by atoms with Crippen LogP contribution in [0.25, 0.3) is 0 Å². The Bertz CT molecular complexity index is 17.7. The summed E-state index contributed by atoms with van der Waals surface area (Å²) in [4.78, 5) is 0. The van der Waals surface area contributed by atoms with Gasteiger partial charge in [-0.15, -0.1) is 0 Å². The zero-order valence-electron chi connectivity index (χ0n) is 8.83.